The second-order valence-corrected chi connectivity index (χ2v) is 8.35. The third-order valence-corrected chi connectivity index (χ3v) is 5.45. The lowest BCUT2D eigenvalue weighted by Gasteiger charge is -2.41. The first-order valence-electron chi connectivity index (χ1n) is 9.85. The summed E-state index contributed by atoms with van der Waals surface area (Å²) in [5.74, 6) is 0. The molecular formula is C20H33N5O. The van der Waals surface area contributed by atoms with E-state index in [9.17, 15) is 4.79 Å². The molecule has 2 fully saturated rings. The Morgan fingerprint density at radius 3 is 2.65 bits per heavy atom. The molecule has 1 unspecified atom stereocenters. The number of amides is 2. The van der Waals surface area contributed by atoms with E-state index in [0.717, 1.165) is 64.2 Å². The van der Waals surface area contributed by atoms with Crippen molar-refractivity contribution in [1.29, 1.82) is 0 Å². The van der Waals surface area contributed by atoms with E-state index in [1.165, 1.54) is 0 Å². The maximum Gasteiger partial charge on any atom is 0.318 e. The van der Waals surface area contributed by atoms with Gasteiger partial charge in [-0.15, -0.1) is 0 Å². The highest BCUT2D eigenvalue weighted by molar-refractivity contribution is 5.75. The van der Waals surface area contributed by atoms with E-state index >= 15 is 0 Å². The molecule has 0 aromatic carbocycles. The fourth-order valence-corrected chi connectivity index (χ4v) is 4.02. The Bertz CT molecular complexity index is 583. The minimum absolute atomic E-state index is 0.0412. The third kappa shape index (κ3) is 4.95. The van der Waals surface area contributed by atoms with E-state index in [2.05, 4.69) is 41.0 Å². The summed E-state index contributed by atoms with van der Waals surface area (Å²) < 4.78 is 0. The first-order chi connectivity index (χ1) is 12.4. The highest BCUT2D eigenvalue weighted by Crippen LogP contribution is 2.29. The van der Waals surface area contributed by atoms with Crippen molar-refractivity contribution in [3.05, 3.63) is 30.1 Å². The summed E-state index contributed by atoms with van der Waals surface area (Å²) in [4.78, 5) is 24.3. The molecule has 2 saturated heterocycles. The molecule has 2 aliphatic rings. The molecule has 2 aliphatic heterocycles. The first-order valence-corrected chi connectivity index (χ1v) is 9.85. The van der Waals surface area contributed by atoms with Crippen LogP contribution in [-0.4, -0.2) is 77.6 Å². The van der Waals surface area contributed by atoms with Gasteiger partial charge in [0, 0.05) is 51.0 Å². The minimum atomic E-state index is -0.251. The van der Waals surface area contributed by atoms with Crippen molar-refractivity contribution in [2.45, 2.75) is 44.7 Å². The van der Waals surface area contributed by atoms with Gasteiger partial charge in [-0.05, 0) is 52.3 Å². The molecule has 6 heteroatoms. The third-order valence-electron chi connectivity index (χ3n) is 5.45. The summed E-state index contributed by atoms with van der Waals surface area (Å²) >= 11 is 0. The van der Waals surface area contributed by atoms with Gasteiger partial charge in [-0.3, -0.25) is 9.88 Å². The van der Waals surface area contributed by atoms with Crippen LogP contribution in [0, 0.1) is 0 Å². The van der Waals surface area contributed by atoms with Crippen LogP contribution in [0.5, 0.6) is 0 Å². The second-order valence-electron chi connectivity index (χ2n) is 8.35. The summed E-state index contributed by atoms with van der Waals surface area (Å²) in [5, 5.41) is 3.29. The fraction of sp³-hybridized carbons (Fsp3) is 0.700. The Morgan fingerprint density at radius 1 is 1.19 bits per heavy atom. The summed E-state index contributed by atoms with van der Waals surface area (Å²) in [5.41, 5.74) is 0.748. The number of piperidine rings is 1. The van der Waals surface area contributed by atoms with Crippen molar-refractivity contribution in [1.82, 2.24) is 25.0 Å². The number of rotatable bonds is 4. The molecule has 0 radical (unpaired) electrons. The lowest BCUT2D eigenvalue weighted by Crippen LogP contribution is -2.58. The Balaban J connectivity index is 1.61. The van der Waals surface area contributed by atoms with Crippen molar-refractivity contribution in [2.24, 2.45) is 0 Å². The predicted octanol–water partition coefficient (Wildman–Crippen LogP) is 2.34. The van der Waals surface area contributed by atoms with E-state index in [-0.39, 0.29) is 17.6 Å². The number of likely N-dealkylation sites (N-methyl/N-ethyl adjacent to an activating group) is 1. The van der Waals surface area contributed by atoms with Gasteiger partial charge in [-0.2, -0.15) is 0 Å². The lowest BCUT2D eigenvalue weighted by molar-refractivity contribution is 0.112. The summed E-state index contributed by atoms with van der Waals surface area (Å²) in [6.45, 7) is 10.3. The molecule has 26 heavy (non-hydrogen) atoms. The van der Waals surface area contributed by atoms with Crippen molar-refractivity contribution < 1.29 is 4.79 Å². The number of carbonyl (C=O) groups excluding carboxylic acids is 1. The van der Waals surface area contributed by atoms with E-state index in [0.29, 0.717) is 0 Å². The maximum atomic E-state index is 13.1. The van der Waals surface area contributed by atoms with Crippen LogP contribution in [0.2, 0.25) is 0 Å². The van der Waals surface area contributed by atoms with Crippen LogP contribution in [0.3, 0.4) is 0 Å². The van der Waals surface area contributed by atoms with Crippen LogP contribution in [0.25, 0.3) is 0 Å². The van der Waals surface area contributed by atoms with Crippen LogP contribution in [0.4, 0.5) is 4.79 Å². The monoisotopic (exact) mass is 359 g/mol. The summed E-state index contributed by atoms with van der Waals surface area (Å²) in [7, 11) is 2.17. The van der Waals surface area contributed by atoms with E-state index in [1.807, 2.05) is 29.3 Å². The van der Waals surface area contributed by atoms with Crippen LogP contribution in [-0.2, 0) is 0 Å². The zero-order valence-electron chi connectivity index (χ0n) is 16.4. The SMILES string of the molecule is CN1CCN(CC(C)(C)NC(=O)N2CCCCC2c2ccccn2)CC1. The van der Waals surface area contributed by atoms with Gasteiger partial charge in [0.2, 0.25) is 0 Å². The molecule has 1 aromatic heterocycles. The molecule has 0 saturated carbocycles. The molecule has 1 atom stereocenters. The van der Waals surface area contributed by atoms with Crippen molar-refractivity contribution >= 4 is 6.03 Å². The molecule has 1 aromatic rings. The van der Waals surface area contributed by atoms with Crippen LogP contribution in [0.15, 0.2) is 24.4 Å². The van der Waals surface area contributed by atoms with E-state index in [1.54, 1.807) is 0 Å². The van der Waals surface area contributed by atoms with Crippen molar-refractivity contribution in [3.63, 3.8) is 0 Å². The smallest absolute Gasteiger partial charge is 0.318 e. The molecule has 0 aliphatic carbocycles. The highest BCUT2D eigenvalue weighted by Gasteiger charge is 2.32. The van der Waals surface area contributed by atoms with E-state index in [4.69, 9.17) is 0 Å². The van der Waals surface area contributed by atoms with Gasteiger partial charge in [-0.25, -0.2) is 4.79 Å². The number of nitrogens with one attached hydrogen (secondary N) is 1. The Morgan fingerprint density at radius 2 is 1.96 bits per heavy atom. The van der Waals surface area contributed by atoms with Crippen molar-refractivity contribution in [3.8, 4) is 0 Å². The van der Waals surface area contributed by atoms with Crippen LogP contribution >= 0.6 is 0 Å². The first kappa shape index (κ1) is 19.1. The number of pyridine rings is 1. The lowest BCUT2D eigenvalue weighted by atomic mass is 9.98. The molecule has 1 N–H and O–H groups in total. The minimum Gasteiger partial charge on any atom is -0.332 e. The summed E-state index contributed by atoms with van der Waals surface area (Å²) in [6.07, 6.45) is 5.02. The van der Waals surface area contributed by atoms with Gasteiger partial charge >= 0.3 is 6.03 Å². The van der Waals surface area contributed by atoms with Gasteiger partial charge in [0.05, 0.1) is 11.7 Å². The fourth-order valence-electron chi connectivity index (χ4n) is 4.02. The molecule has 2 amide bonds. The van der Waals surface area contributed by atoms with Gasteiger partial charge < -0.3 is 15.1 Å². The van der Waals surface area contributed by atoms with Crippen LogP contribution < -0.4 is 5.32 Å². The second kappa shape index (κ2) is 8.35. The number of likely N-dealkylation sites (tertiary alicyclic amines) is 1. The number of aromatic nitrogens is 1. The Hall–Kier alpha value is -1.66. The molecular weight excluding hydrogens is 326 g/mol. The Labute approximate surface area is 157 Å². The van der Waals surface area contributed by atoms with Gasteiger partial charge in [0.25, 0.3) is 0 Å². The average molecular weight is 360 g/mol. The van der Waals surface area contributed by atoms with Crippen molar-refractivity contribution in [2.75, 3.05) is 46.3 Å². The number of piperazine rings is 1. The molecule has 3 heterocycles. The van der Waals surface area contributed by atoms with Gasteiger partial charge in [0.15, 0.2) is 0 Å². The predicted molar refractivity (Wildman–Crippen MR) is 104 cm³/mol. The van der Waals surface area contributed by atoms with Gasteiger partial charge in [0.1, 0.15) is 0 Å². The topological polar surface area (TPSA) is 51.7 Å². The Kier molecular flexibility index (Phi) is 6.14. The quantitative estimate of drug-likeness (QED) is 0.897. The normalized spacial score (nSPS) is 23.0. The zero-order chi connectivity index (χ0) is 18.6. The number of hydrogen-bond acceptors (Lipinski definition) is 4. The number of nitrogens with zero attached hydrogens (tertiary/aromatic N) is 4. The number of urea groups is 1. The standard InChI is InChI=1S/C20H33N5O/c1-20(2,16-24-14-12-23(3)13-15-24)22-19(26)25-11-7-5-9-18(25)17-8-4-6-10-21-17/h4,6,8,10,18H,5,7,9,11-16H2,1-3H3,(H,22,26). The molecule has 6 nitrogen and oxygen atoms in total. The van der Waals surface area contributed by atoms with E-state index < -0.39 is 0 Å². The highest BCUT2D eigenvalue weighted by atomic mass is 16.2. The van der Waals surface area contributed by atoms with Gasteiger partial charge in [-0.1, -0.05) is 6.07 Å². The molecule has 144 valence electrons. The molecule has 3 rings (SSSR count). The molecule has 0 bridgehead atoms. The average Bonchev–Trinajstić information content (AvgIpc) is 2.64. The number of carbonyl (C=O) groups is 1. The largest absolute Gasteiger partial charge is 0.332 e. The zero-order valence-corrected chi connectivity index (χ0v) is 16.4. The maximum absolute atomic E-state index is 13.1. The molecule has 0 spiro atoms. The number of hydrogen-bond donors (Lipinski definition) is 1. The summed E-state index contributed by atoms with van der Waals surface area (Å²) in [6, 6.07) is 6.09. The van der Waals surface area contributed by atoms with Crippen LogP contribution in [0.1, 0.15) is 44.8 Å².